The third kappa shape index (κ3) is 3.65. The van der Waals surface area contributed by atoms with Crippen molar-refractivity contribution in [3.63, 3.8) is 0 Å². The first-order valence-corrected chi connectivity index (χ1v) is 5.65. The third-order valence-electron chi connectivity index (χ3n) is 3.28. The highest BCUT2D eigenvalue weighted by Crippen LogP contribution is 2.16. The highest BCUT2D eigenvalue weighted by Gasteiger charge is 2.17. The zero-order valence-electron chi connectivity index (χ0n) is 9.34. The molecule has 0 amide bonds. The highest BCUT2D eigenvalue weighted by atomic mass is 15.2. The summed E-state index contributed by atoms with van der Waals surface area (Å²) < 4.78 is 0. The minimum atomic E-state index is 0.661. The summed E-state index contributed by atoms with van der Waals surface area (Å²) in [6, 6.07) is 1.48. The summed E-state index contributed by atoms with van der Waals surface area (Å²) in [4.78, 5) is 2.64. The maximum Gasteiger partial charge on any atom is 0.00669 e. The summed E-state index contributed by atoms with van der Waals surface area (Å²) in [5, 5.41) is 3.29. The molecule has 2 atom stereocenters. The molecule has 1 fully saturated rings. The fraction of sp³-hybridized carbons (Fsp3) is 1.00. The van der Waals surface area contributed by atoms with Gasteiger partial charge in [-0.2, -0.15) is 0 Å². The average molecular weight is 184 g/mol. The Hall–Kier alpha value is -0.0800. The lowest BCUT2D eigenvalue weighted by molar-refractivity contribution is 0.155. The zero-order valence-corrected chi connectivity index (χ0v) is 9.34. The number of rotatable bonds is 4. The summed E-state index contributed by atoms with van der Waals surface area (Å²) in [5.41, 5.74) is 0. The number of piperidine rings is 1. The molecule has 1 aliphatic rings. The molecule has 1 N–H and O–H groups in total. The molecule has 0 aromatic heterocycles. The monoisotopic (exact) mass is 184 g/mol. The van der Waals surface area contributed by atoms with E-state index >= 15 is 0 Å². The van der Waals surface area contributed by atoms with Gasteiger partial charge < -0.3 is 10.2 Å². The molecule has 2 nitrogen and oxygen atoms in total. The van der Waals surface area contributed by atoms with E-state index in [2.05, 4.69) is 24.1 Å². The zero-order chi connectivity index (χ0) is 9.68. The molecule has 1 saturated heterocycles. The predicted molar refractivity (Wildman–Crippen MR) is 58.0 cm³/mol. The van der Waals surface area contributed by atoms with Crippen LogP contribution >= 0.6 is 0 Å². The fourth-order valence-electron chi connectivity index (χ4n) is 1.99. The minimum Gasteiger partial charge on any atom is -0.317 e. The van der Waals surface area contributed by atoms with Gasteiger partial charge in [0.1, 0.15) is 0 Å². The van der Waals surface area contributed by atoms with Gasteiger partial charge >= 0.3 is 0 Å². The molecule has 0 aliphatic carbocycles. The molecule has 1 unspecified atom stereocenters. The van der Waals surface area contributed by atoms with Crippen LogP contribution in [0.2, 0.25) is 0 Å². The van der Waals surface area contributed by atoms with Crippen molar-refractivity contribution in [3.05, 3.63) is 0 Å². The Bertz CT molecular complexity index is 136. The molecule has 0 saturated carbocycles. The van der Waals surface area contributed by atoms with E-state index in [-0.39, 0.29) is 0 Å². The first kappa shape index (κ1) is 11.0. The van der Waals surface area contributed by atoms with Gasteiger partial charge in [-0.15, -0.1) is 0 Å². The number of nitrogens with one attached hydrogen (secondary N) is 1. The van der Waals surface area contributed by atoms with Crippen molar-refractivity contribution < 1.29 is 0 Å². The van der Waals surface area contributed by atoms with Crippen LogP contribution in [0.25, 0.3) is 0 Å². The number of hydrogen-bond acceptors (Lipinski definition) is 2. The van der Waals surface area contributed by atoms with Gasteiger partial charge in [-0.25, -0.2) is 0 Å². The maximum absolute atomic E-state index is 3.29. The lowest BCUT2D eigenvalue weighted by Gasteiger charge is -2.33. The van der Waals surface area contributed by atoms with Gasteiger partial charge in [-0.3, -0.25) is 0 Å². The molecule has 0 radical (unpaired) electrons. The van der Waals surface area contributed by atoms with Crippen LogP contribution in [0.3, 0.4) is 0 Å². The van der Waals surface area contributed by atoms with E-state index in [1.54, 1.807) is 0 Å². The maximum atomic E-state index is 3.29. The van der Waals surface area contributed by atoms with E-state index in [9.17, 15) is 0 Å². The molecule has 0 aromatic rings. The van der Waals surface area contributed by atoms with Crippen LogP contribution in [0.15, 0.2) is 0 Å². The van der Waals surface area contributed by atoms with Crippen molar-refractivity contribution >= 4 is 0 Å². The lowest BCUT2D eigenvalue weighted by atomic mass is 10.0. The Labute approximate surface area is 82.7 Å². The van der Waals surface area contributed by atoms with Gasteiger partial charge in [0.2, 0.25) is 0 Å². The Kier molecular flexibility index (Phi) is 4.74. The molecule has 0 spiro atoms. The van der Waals surface area contributed by atoms with Crippen LogP contribution in [-0.4, -0.2) is 37.1 Å². The van der Waals surface area contributed by atoms with E-state index in [1.165, 1.54) is 38.8 Å². The van der Waals surface area contributed by atoms with Crippen LogP contribution in [0.4, 0.5) is 0 Å². The second-order valence-corrected chi connectivity index (χ2v) is 4.36. The van der Waals surface area contributed by atoms with Crippen LogP contribution < -0.4 is 5.32 Å². The van der Waals surface area contributed by atoms with Crippen molar-refractivity contribution in [1.82, 2.24) is 10.2 Å². The van der Waals surface area contributed by atoms with Crippen LogP contribution in [-0.2, 0) is 0 Å². The van der Waals surface area contributed by atoms with Gasteiger partial charge in [0.15, 0.2) is 0 Å². The Morgan fingerprint density at radius 3 is 2.85 bits per heavy atom. The first-order chi connectivity index (χ1) is 6.24. The largest absolute Gasteiger partial charge is 0.317 e. The van der Waals surface area contributed by atoms with Gasteiger partial charge in [-0.05, 0) is 53.2 Å². The molecular formula is C11H24N2. The van der Waals surface area contributed by atoms with Crippen molar-refractivity contribution in [2.24, 2.45) is 0 Å². The van der Waals surface area contributed by atoms with Gasteiger partial charge in [-0.1, -0.05) is 6.42 Å². The number of nitrogens with zero attached hydrogens (tertiary/aromatic N) is 1. The minimum absolute atomic E-state index is 0.661. The molecule has 78 valence electrons. The Balaban J connectivity index is 2.18. The molecule has 0 aromatic carbocycles. The van der Waals surface area contributed by atoms with Crippen molar-refractivity contribution in [1.29, 1.82) is 0 Å². The van der Waals surface area contributed by atoms with E-state index in [4.69, 9.17) is 0 Å². The Morgan fingerprint density at radius 2 is 2.23 bits per heavy atom. The summed E-state index contributed by atoms with van der Waals surface area (Å²) in [7, 11) is 2.05. The van der Waals surface area contributed by atoms with Crippen molar-refractivity contribution in [3.8, 4) is 0 Å². The van der Waals surface area contributed by atoms with E-state index in [0.717, 1.165) is 6.04 Å². The van der Waals surface area contributed by atoms with Crippen molar-refractivity contribution in [2.45, 2.75) is 51.6 Å². The predicted octanol–water partition coefficient (Wildman–Crippen LogP) is 1.86. The molecule has 1 rings (SSSR count). The Morgan fingerprint density at radius 1 is 1.46 bits per heavy atom. The molecule has 1 aliphatic heterocycles. The van der Waals surface area contributed by atoms with Crippen LogP contribution in [0, 0.1) is 0 Å². The van der Waals surface area contributed by atoms with Gasteiger partial charge in [0, 0.05) is 12.1 Å². The fourth-order valence-corrected chi connectivity index (χ4v) is 1.99. The highest BCUT2D eigenvalue weighted by molar-refractivity contribution is 4.74. The van der Waals surface area contributed by atoms with Crippen molar-refractivity contribution in [2.75, 3.05) is 20.1 Å². The first-order valence-electron chi connectivity index (χ1n) is 5.65. The van der Waals surface area contributed by atoms with E-state index in [0.29, 0.717) is 6.04 Å². The van der Waals surface area contributed by atoms with E-state index < -0.39 is 0 Å². The van der Waals surface area contributed by atoms with E-state index in [1.807, 2.05) is 7.05 Å². The topological polar surface area (TPSA) is 15.3 Å². The second-order valence-electron chi connectivity index (χ2n) is 4.36. The number of likely N-dealkylation sites (tertiary alicyclic amines) is 1. The summed E-state index contributed by atoms with van der Waals surface area (Å²) in [5.74, 6) is 0. The second kappa shape index (κ2) is 5.61. The molecule has 1 heterocycles. The number of hydrogen-bond donors (Lipinski definition) is 1. The molecule has 0 bridgehead atoms. The SMILES string of the molecule is CNC(C)CCN1CCCC[C@H]1C. The summed E-state index contributed by atoms with van der Waals surface area (Å²) in [6.45, 7) is 7.21. The third-order valence-corrected chi connectivity index (χ3v) is 3.28. The quantitative estimate of drug-likeness (QED) is 0.717. The molecule has 2 heteroatoms. The molecular weight excluding hydrogens is 160 g/mol. The molecule has 13 heavy (non-hydrogen) atoms. The standard InChI is InChI=1S/C11H24N2/c1-10(12-3)7-9-13-8-5-4-6-11(13)2/h10-12H,4-9H2,1-3H3/t10?,11-/m1/s1. The normalized spacial score (nSPS) is 27.5. The average Bonchev–Trinajstić information content (AvgIpc) is 2.16. The smallest absolute Gasteiger partial charge is 0.00669 e. The summed E-state index contributed by atoms with van der Waals surface area (Å²) in [6.07, 6.45) is 5.51. The van der Waals surface area contributed by atoms with Gasteiger partial charge in [0.05, 0.1) is 0 Å². The van der Waals surface area contributed by atoms with Crippen LogP contribution in [0.5, 0.6) is 0 Å². The summed E-state index contributed by atoms with van der Waals surface area (Å²) >= 11 is 0. The lowest BCUT2D eigenvalue weighted by Crippen LogP contribution is -2.40. The van der Waals surface area contributed by atoms with Gasteiger partial charge in [0.25, 0.3) is 0 Å². The van der Waals surface area contributed by atoms with Crippen LogP contribution in [0.1, 0.15) is 39.5 Å².